The maximum Gasteiger partial charge on any atom is 0.212 e. The first-order valence-electron chi connectivity index (χ1n) is 22.7. The molecule has 2 aliphatic rings. The van der Waals surface area contributed by atoms with Crippen LogP contribution in [0.25, 0.3) is 104 Å². The molecule has 11 aromatic rings. The van der Waals surface area contributed by atoms with E-state index in [4.69, 9.17) is 6.57 Å². The van der Waals surface area contributed by atoms with E-state index in [0.717, 1.165) is 65.9 Å². The zero-order valence-corrected chi connectivity index (χ0v) is 37.1. The summed E-state index contributed by atoms with van der Waals surface area (Å²) < 4.78 is 4.47. The first-order valence-corrected chi connectivity index (χ1v) is 22.7. The Hall–Kier alpha value is -8.44. The van der Waals surface area contributed by atoms with Crippen molar-refractivity contribution < 1.29 is 0 Å². The number of aromatic nitrogens is 2. The van der Waals surface area contributed by atoms with Crippen LogP contribution in [-0.4, -0.2) is 9.13 Å². The Morgan fingerprint density at radius 3 is 1.32 bits per heavy atom. The highest BCUT2D eigenvalue weighted by atomic mass is 15.0. The van der Waals surface area contributed by atoms with E-state index in [1.807, 2.05) is 24.3 Å². The van der Waals surface area contributed by atoms with Crippen LogP contribution in [0.15, 0.2) is 182 Å². The Bertz CT molecular complexity index is 3730. The average molecular weight is 843 g/mol. The third-order valence-corrected chi connectivity index (χ3v) is 15.0. The lowest BCUT2D eigenvalue weighted by molar-refractivity contribution is 0.661. The SMILES string of the molecule is [C-]#[N+]c1cc(-n2c3ccc(-c4ccccc4)cc3c3cc4c(cc32)C(C)(C)c2ccccc2-4)c(C#N)cc1-n1c2ccc(-c3ccccc3)cc2c2cc3c(cc21)C(C)(C)c1ccccc1-3. The third-order valence-electron chi connectivity index (χ3n) is 15.0. The largest absolute Gasteiger partial charge is 0.319 e. The van der Waals surface area contributed by atoms with Crippen molar-refractivity contribution in [3.05, 3.63) is 221 Å². The molecule has 310 valence electrons. The van der Waals surface area contributed by atoms with Crippen molar-refractivity contribution in [1.29, 1.82) is 5.26 Å². The zero-order valence-electron chi connectivity index (χ0n) is 37.1. The molecule has 13 rings (SSSR count). The molecule has 2 heterocycles. The molecule has 9 aromatic carbocycles. The maximum atomic E-state index is 11.3. The van der Waals surface area contributed by atoms with Crippen LogP contribution in [-0.2, 0) is 10.8 Å². The van der Waals surface area contributed by atoms with E-state index in [-0.39, 0.29) is 10.8 Å². The van der Waals surface area contributed by atoms with Crippen molar-refractivity contribution in [3.8, 4) is 62.0 Å². The average Bonchev–Trinajstić information content (AvgIpc) is 4.00. The van der Waals surface area contributed by atoms with Crippen LogP contribution in [0, 0.1) is 17.9 Å². The number of hydrogen-bond acceptors (Lipinski definition) is 1. The molecule has 0 amide bonds. The van der Waals surface area contributed by atoms with Crippen LogP contribution in [0.4, 0.5) is 5.69 Å². The van der Waals surface area contributed by atoms with Gasteiger partial charge in [0.1, 0.15) is 6.07 Å². The molecule has 0 saturated carbocycles. The first kappa shape index (κ1) is 38.1. The smallest absolute Gasteiger partial charge is 0.212 e. The monoisotopic (exact) mass is 842 g/mol. The number of hydrogen-bond donors (Lipinski definition) is 0. The summed E-state index contributed by atoms with van der Waals surface area (Å²) in [6.07, 6.45) is 0. The van der Waals surface area contributed by atoms with Crippen LogP contribution >= 0.6 is 0 Å². The Labute approximate surface area is 383 Å². The fourth-order valence-electron chi connectivity index (χ4n) is 11.7. The molecule has 4 nitrogen and oxygen atoms in total. The predicted octanol–water partition coefficient (Wildman–Crippen LogP) is 16.2. The second-order valence-corrected chi connectivity index (χ2v) is 19.1. The van der Waals surface area contributed by atoms with Crippen molar-refractivity contribution in [3.63, 3.8) is 0 Å². The van der Waals surface area contributed by atoms with Crippen LogP contribution in [0.3, 0.4) is 0 Å². The van der Waals surface area contributed by atoms with Gasteiger partial charge in [-0.25, -0.2) is 4.85 Å². The topological polar surface area (TPSA) is 38.0 Å². The van der Waals surface area contributed by atoms with E-state index in [1.165, 1.54) is 44.5 Å². The summed E-state index contributed by atoms with van der Waals surface area (Å²) in [7, 11) is 0. The van der Waals surface area contributed by atoms with E-state index in [2.05, 4.69) is 205 Å². The molecule has 0 radical (unpaired) electrons. The summed E-state index contributed by atoms with van der Waals surface area (Å²) in [5.74, 6) is 0. The van der Waals surface area contributed by atoms with E-state index in [1.54, 1.807) is 0 Å². The summed E-state index contributed by atoms with van der Waals surface area (Å²) >= 11 is 0. The van der Waals surface area contributed by atoms with Gasteiger partial charge in [-0.1, -0.05) is 149 Å². The highest BCUT2D eigenvalue weighted by Gasteiger charge is 2.38. The number of benzene rings is 9. The molecule has 0 spiro atoms. The number of fused-ring (bicyclic) bond motifs is 12. The van der Waals surface area contributed by atoms with E-state index in [9.17, 15) is 5.26 Å². The third kappa shape index (κ3) is 5.13. The Kier molecular flexibility index (Phi) is 7.81. The summed E-state index contributed by atoms with van der Waals surface area (Å²) in [6.45, 7) is 18.1. The highest BCUT2D eigenvalue weighted by molar-refractivity contribution is 6.15. The van der Waals surface area contributed by atoms with Gasteiger partial charge in [-0.3, -0.25) is 0 Å². The second kappa shape index (κ2) is 13.5. The normalized spacial score (nSPS) is 14.0. The zero-order chi connectivity index (χ0) is 44.6. The molecule has 2 aliphatic carbocycles. The molecule has 66 heavy (non-hydrogen) atoms. The fourth-order valence-corrected chi connectivity index (χ4v) is 11.7. The van der Waals surface area contributed by atoms with Gasteiger partial charge in [-0.15, -0.1) is 0 Å². The van der Waals surface area contributed by atoms with Crippen molar-refractivity contribution in [2.45, 2.75) is 38.5 Å². The minimum atomic E-state index is -0.229. The minimum absolute atomic E-state index is 0.228. The molecule has 0 saturated heterocycles. The van der Waals surface area contributed by atoms with Crippen LogP contribution in [0.5, 0.6) is 0 Å². The van der Waals surface area contributed by atoms with Gasteiger partial charge in [-0.2, -0.15) is 5.26 Å². The molecular formula is C62H42N4. The predicted molar refractivity (Wildman–Crippen MR) is 272 cm³/mol. The van der Waals surface area contributed by atoms with E-state index < -0.39 is 0 Å². The summed E-state index contributed by atoms with van der Waals surface area (Å²) in [4.78, 5) is 4.31. The first-order chi connectivity index (χ1) is 32.1. The Morgan fingerprint density at radius 1 is 0.409 bits per heavy atom. The van der Waals surface area contributed by atoms with Gasteiger partial charge in [0, 0.05) is 32.4 Å². The standard InChI is InChI=1S/C62H42N4/c1-61(2)50-22-14-12-20-42(50)44-31-48-46-28-39(37-16-8-6-9-17-37)24-26-55(46)65(58(48)33-52(44)61)57-35-54(64-5)60(30-41(57)36-63)66-56-27-25-40(38-18-10-7-11-19-38)29-47(56)49-32-45-43-21-13-15-23-51(43)62(3,4)53(45)34-59(49)66/h6-35H,1-4H3. The molecule has 0 bridgehead atoms. The van der Waals surface area contributed by atoms with Crippen LogP contribution in [0.2, 0.25) is 0 Å². The van der Waals surface area contributed by atoms with Gasteiger partial charge in [0.2, 0.25) is 5.69 Å². The van der Waals surface area contributed by atoms with Crippen LogP contribution < -0.4 is 0 Å². The van der Waals surface area contributed by atoms with Crippen molar-refractivity contribution in [1.82, 2.24) is 9.13 Å². The van der Waals surface area contributed by atoms with Gasteiger partial charge in [0.05, 0.1) is 45.6 Å². The summed E-state index contributed by atoms with van der Waals surface area (Å²) in [5, 5.41) is 15.8. The number of nitrogens with zero attached hydrogens (tertiary/aromatic N) is 4. The Morgan fingerprint density at radius 2 is 0.848 bits per heavy atom. The maximum absolute atomic E-state index is 11.3. The lowest BCUT2D eigenvalue weighted by atomic mass is 9.82. The van der Waals surface area contributed by atoms with Gasteiger partial charge < -0.3 is 9.13 Å². The van der Waals surface area contributed by atoms with Gasteiger partial charge >= 0.3 is 0 Å². The highest BCUT2D eigenvalue weighted by Crippen LogP contribution is 2.53. The molecule has 0 aliphatic heterocycles. The molecular weight excluding hydrogens is 801 g/mol. The summed E-state index contributed by atoms with van der Waals surface area (Å²) in [5.41, 5.74) is 20.6. The van der Waals surface area contributed by atoms with Crippen molar-refractivity contribution in [2.24, 2.45) is 0 Å². The lowest BCUT2D eigenvalue weighted by Gasteiger charge is -2.22. The molecule has 0 unspecified atom stereocenters. The lowest BCUT2D eigenvalue weighted by Crippen LogP contribution is -2.15. The molecule has 0 fully saturated rings. The van der Waals surface area contributed by atoms with E-state index in [0.29, 0.717) is 22.6 Å². The van der Waals surface area contributed by atoms with Gasteiger partial charge in [0.25, 0.3) is 0 Å². The van der Waals surface area contributed by atoms with Gasteiger partial charge in [0.15, 0.2) is 0 Å². The summed E-state index contributed by atoms with van der Waals surface area (Å²) in [6, 6.07) is 67.8. The number of nitriles is 1. The quantitative estimate of drug-likeness (QED) is 0.163. The van der Waals surface area contributed by atoms with Crippen molar-refractivity contribution in [2.75, 3.05) is 0 Å². The molecule has 4 heteroatoms. The second-order valence-electron chi connectivity index (χ2n) is 19.1. The Balaban J connectivity index is 1.09. The van der Waals surface area contributed by atoms with Gasteiger partial charge in [-0.05, 0) is 127 Å². The minimum Gasteiger partial charge on any atom is -0.319 e. The fraction of sp³-hybridized carbons (Fsp3) is 0.0968. The van der Waals surface area contributed by atoms with Crippen molar-refractivity contribution >= 4 is 49.3 Å². The van der Waals surface area contributed by atoms with Crippen LogP contribution in [0.1, 0.15) is 55.5 Å². The van der Waals surface area contributed by atoms with E-state index >= 15 is 0 Å². The number of rotatable bonds is 4. The molecule has 0 atom stereocenters. The molecule has 2 aromatic heterocycles. The molecule has 0 N–H and O–H groups in total.